The number of nitrogens with one attached hydrogen (secondary N) is 1. The van der Waals surface area contributed by atoms with E-state index in [1.54, 1.807) is 12.1 Å². The van der Waals surface area contributed by atoms with Crippen LogP contribution in [0.2, 0.25) is 15.1 Å². The molecule has 1 atom stereocenters. The van der Waals surface area contributed by atoms with Crippen LogP contribution in [-0.2, 0) is 6.42 Å². The van der Waals surface area contributed by atoms with Crippen LogP contribution in [0.3, 0.4) is 0 Å². The average molecular weight is 343 g/mol. The van der Waals surface area contributed by atoms with Crippen molar-refractivity contribution in [1.29, 1.82) is 0 Å². The molecule has 110 valence electrons. The zero-order valence-corrected chi connectivity index (χ0v) is 13.7. The lowest BCUT2D eigenvalue weighted by Crippen LogP contribution is -2.07. The summed E-state index contributed by atoms with van der Waals surface area (Å²) in [6, 6.07) is 9.67. The van der Waals surface area contributed by atoms with Gasteiger partial charge in [-0.3, -0.25) is 0 Å². The van der Waals surface area contributed by atoms with Crippen LogP contribution < -0.4 is 10.1 Å². The molecule has 0 aliphatic carbocycles. The SMILES string of the molecule is CC(Nc1c(Cl)cc(Cl)cc1Cl)c1ccc2c(c1)CCO2. The maximum Gasteiger partial charge on any atom is 0.122 e. The normalized spacial score (nSPS) is 14.5. The van der Waals surface area contributed by atoms with E-state index in [4.69, 9.17) is 39.5 Å². The number of hydrogen-bond acceptors (Lipinski definition) is 2. The Labute approximate surface area is 139 Å². The first-order valence-corrected chi connectivity index (χ1v) is 7.84. The number of halogens is 3. The van der Waals surface area contributed by atoms with E-state index < -0.39 is 0 Å². The molecule has 1 unspecified atom stereocenters. The van der Waals surface area contributed by atoms with Gasteiger partial charge in [-0.1, -0.05) is 40.9 Å². The van der Waals surface area contributed by atoms with Crippen molar-refractivity contribution in [3.8, 4) is 5.75 Å². The predicted molar refractivity (Wildman–Crippen MR) is 89.2 cm³/mol. The number of benzene rings is 2. The Morgan fingerprint density at radius 1 is 1.10 bits per heavy atom. The van der Waals surface area contributed by atoms with E-state index in [1.807, 2.05) is 6.07 Å². The Kier molecular flexibility index (Phi) is 4.21. The summed E-state index contributed by atoms with van der Waals surface area (Å²) in [6.45, 7) is 2.83. The smallest absolute Gasteiger partial charge is 0.122 e. The molecular formula is C16H14Cl3NO. The summed E-state index contributed by atoms with van der Waals surface area (Å²) in [4.78, 5) is 0. The molecule has 0 amide bonds. The maximum absolute atomic E-state index is 6.21. The average Bonchev–Trinajstić information content (AvgIpc) is 2.89. The first kappa shape index (κ1) is 14.8. The van der Waals surface area contributed by atoms with E-state index in [1.165, 1.54) is 11.1 Å². The van der Waals surface area contributed by atoms with Crippen molar-refractivity contribution in [2.75, 3.05) is 11.9 Å². The molecular weight excluding hydrogens is 329 g/mol. The highest BCUT2D eigenvalue weighted by Gasteiger charge is 2.16. The van der Waals surface area contributed by atoms with Gasteiger partial charge in [0.05, 0.1) is 22.3 Å². The summed E-state index contributed by atoms with van der Waals surface area (Å²) < 4.78 is 5.53. The fourth-order valence-electron chi connectivity index (χ4n) is 2.46. The summed E-state index contributed by atoms with van der Waals surface area (Å²) in [5.74, 6) is 0.980. The number of rotatable bonds is 3. The van der Waals surface area contributed by atoms with Gasteiger partial charge in [0.1, 0.15) is 5.75 Å². The van der Waals surface area contributed by atoms with Crippen molar-refractivity contribution in [2.24, 2.45) is 0 Å². The molecule has 3 rings (SSSR count). The Morgan fingerprint density at radius 2 is 1.81 bits per heavy atom. The van der Waals surface area contributed by atoms with Crippen molar-refractivity contribution < 1.29 is 4.74 Å². The second-order valence-corrected chi connectivity index (χ2v) is 6.33. The minimum absolute atomic E-state index is 0.0760. The molecule has 0 aromatic heterocycles. The number of ether oxygens (including phenoxy) is 1. The monoisotopic (exact) mass is 341 g/mol. The fraction of sp³-hybridized carbons (Fsp3) is 0.250. The standard InChI is InChI=1S/C16H14Cl3NO/c1-9(10-2-3-15-11(6-10)4-5-21-15)20-16-13(18)7-12(17)8-14(16)19/h2-3,6-9,20H,4-5H2,1H3. The molecule has 1 aliphatic heterocycles. The van der Waals surface area contributed by atoms with E-state index in [9.17, 15) is 0 Å². The largest absolute Gasteiger partial charge is 0.493 e. The van der Waals surface area contributed by atoms with Crippen LogP contribution in [0.15, 0.2) is 30.3 Å². The highest BCUT2D eigenvalue weighted by Crippen LogP contribution is 2.36. The molecule has 2 aromatic carbocycles. The highest BCUT2D eigenvalue weighted by molar-refractivity contribution is 6.41. The molecule has 2 nitrogen and oxygen atoms in total. The second kappa shape index (κ2) is 5.96. The van der Waals surface area contributed by atoms with E-state index >= 15 is 0 Å². The molecule has 0 fully saturated rings. The van der Waals surface area contributed by atoms with Gasteiger partial charge in [0.2, 0.25) is 0 Å². The van der Waals surface area contributed by atoms with Gasteiger partial charge in [0, 0.05) is 17.5 Å². The summed E-state index contributed by atoms with van der Waals surface area (Å²) in [5, 5.41) is 4.91. The van der Waals surface area contributed by atoms with Gasteiger partial charge in [-0.05, 0) is 42.3 Å². The lowest BCUT2D eigenvalue weighted by molar-refractivity contribution is 0.357. The zero-order valence-electron chi connectivity index (χ0n) is 11.4. The summed E-state index contributed by atoms with van der Waals surface area (Å²) >= 11 is 18.3. The number of hydrogen-bond donors (Lipinski definition) is 1. The van der Waals surface area contributed by atoms with Gasteiger partial charge in [0.25, 0.3) is 0 Å². The predicted octanol–water partition coefficient (Wildman–Crippen LogP) is 5.75. The van der Waals surface area contributed by atoms with Crippen LogP contribution in [0.25, 0.3) is 0 Å². The molecule has 2 aromatic rings. The lowest BCUT2D eigenvalue weighted by Gasteiger charge is -2.18. The molecule has 1 aliphatic rings. The van der Waals surface area contributed by atoms with Gasteiger partial charge in [-0.2, -0.15) is 0 Å². The number of fused-ring (bicyclic) bond motifs is 1. The van der Waals surface area contributed by atoms with Crippen LogP contribution >= 0.6 is 34.8 Å². The van der Waals surface area contributed by atoms with Gasteiger partial charge in [-0.15, -0.1) is 0 Å². The first-order chi connectivity index (χ1) is 10.0. The fourth-order valence-corrected chi connectivity index (χ4v) is 3.38. The van der Waals surface area contributed by atoms with Crippen LogP contribution in [0.5, 0.6) is 5.75 Å². The third-order valence-corrected chi connectivity index (χ3v) is 4.40. The second-order valence-electron chi connectivity index (χ2n) is 5.08. The van der Waals surface area contributed by atoms with Crippen molar-refractivity contribution in [3.63, 3.8) is 0 Å². The third kappa shape index (κ3) is 3.08. The lowest BCUT2D eigenvalue weighted by atomic mass is 10.0. The highest BCUT2D eigenvalue weighted by atomic mass is 35.5. The molecule has 0 radical (unpaired) electrons. The maximum atomic E-state index is 6.21. The van der Waals surface area contributed by atoms with Crippen molar-refractivity contribution >= 4 is 40.5 Å². The summed E-state index contributed by atoms with van der Waals surface area (Å²) in [6.07, 6.45) is 0.957. The van der Waals surface area contributed by atoms with E-state index in [0.717, 1.165) is 18.8 Å². The van der Waals surface area contributed by atoms with Crippen LogP contribution in [0.4, 0.5) is 5.69 Å². The van der Waals surface area contributed by atoms with Gasteiger partial charge in [-0.25, -0.2) is 0 Å². The van der Waals surface area contributed by atoms with Crippen molar-refractivity contribution in [2.45, 2.75) is 19.4 Å². The van der Waals surface area contributed by atoms with E-state index in [-0.39, 0.29) is 6.04 Å². The minimum Gasteiger partial charge on any atom is -0.493 e. The molecule has 0 saturated carbocycles. The molecule has 5 heteroatoms. The van der Waals surface area contributed by atoms with Gasteiger partial charge < -0.3 is 10.1 Å². The van der Waals surface area contributed by atoms with Crippen molar-refractivity contribution in [3.05, 3.63) is 56.5 Å². The van der Waals surface area contributed by atoms with E-state index in [2.05, 4.69) is 24.4 Å². The van der Waals surface area contributed by atoms with Gasteiger partial charge >= 0.3 is 0 Å². The summed E-state index contributed by atoms with van der Waals surface area (Å²) in [7, 11) is 0. The summed E-state index contributed by atoms with van der Waals surface area (Å²) in [5.41, 5.74) is 3.11. The van der Waals surface area contributed by atoms with Crippen molar-refractivity contribution in [1.82, 2.24) is 0 Å². The quantitative estimate of drug-likeness (QED) is 0.766. The molecule has 21 heavy (non-hydrogen) atoms. The molecule has 0 saturated heterocycles. The Morgan fingerprint density at radius 3 is 2.52 bits per heavy atom. The van der Waals surface area contributed by atoms with Crippen LogP contribution in [-0.4, -0.2) is 6.61 Å². The van der Waals surface area contributed by atoms with Gasteiger partial charge in [0.15, 0.2) is 0 Å². The van der Waals surface area contributed by atoms with Crippen LogP contribution in [0.1, 0.15) is 24.1 Å². The first-order valence-electron chi connectivity index (χ1n) is 6.71. The third-order valence-electron chi connectivity index (χ3n) is 3.58. The Bertz CT molecular complexity index is 664. The topological polar surface area (TPSA) is 21.3 Å². The number of anilines is 1. The molecule has 1 heterocycles. The van der Waals surface area contributed by atoms with Crippen LogP contribution in [0, 0.1) is 0 Å². The Balaban J connectivity index is 1.85. The zero-order chi connectivity index (χ0) is 15.0. The Hall–Kier alpha value is -1.09. The molecule has 0 bridgehead atoms. The molecule has 0 spiro atoms. The molecule has 1 N–H and O–H groups in total. The van der Waals surface area contributed by atoms with E-state index in [0.29, 0.717) is 20.8 Å². The minimum atomic E-state index is 0.0760.